The van der Waals surface area contributed by atoms with Crippen LogP contribution in [0.2, 0.25) is 0 Å². The molecule has 5 nitrogen and oxygen atoms in total. The van der Waals surface area contributed by atoms with Crippen LogP contribution in [-0.2, 0) is 14.6 Å². The first-order valence-corrected chi connectivity index (χ1v) is 8.00. The molecule has 0 saturated carbocycles. The van der Waals surface area contributed by atoms with Gasteiger partial charge in [0.1, 0.15) is 0 Å². The highest BCUT2D eigenvalue weighted by atomic mass is 32.2. The Morgan fingerprint density at radius 3 is 2.18 bits per heavy atom. The highest BCUT2D eigenvalue weighted by Crippen LogP contribution is 2.30. The van der Waals surface area contributed by atoms with E-state index in [1.165, 1.54) is 0 Å². The topological polar surface area (TPSA) is 72.5 Å². The maximum atomic E-state index is 12.4. The molecule has 0 bridgehead atoms. The summed E-state index contributed by atoms with van der Waals surface area (Å²) in [5, 5.41) is 2.73. The second kappa shape index (κ2) is 6.25. The van der Waals surface area contributed by atoms with E-state index in [1.807, 2.05) is 0 Å². The lowest BCUT2D eigenvalue weighted by molar-refractivity contribution is -0.0436. The average Bonchev–Trinajstić information content (AvgIpc) is 2.47. The summed E-state index contributed by atoms with van der Waals surface area (Å²) < 4.78 is 64.8. The Kier molecular flexibility index (Phi) is 4.76. The molecule has 1 amide bonds. The predicted molar refractivity (Wildman–Crippen MR) is 71.0 cm³/mol. The smallest absolute Gasteiger partial charge is 0.381 e. The van der Waals surface area contributed by atoms with Crippen LogP contribution in [0.4, 0.5) is 13.2 Å². The molecule has 1 saturated heterocycles. The number of hydrogen-bond donors (Lipinski definition) is 1. The van der Waals surface area contributed by atoms with Crippen molar-refractivity contribution < 1.29 is 31.1 Å². The van der Waals surface area contributed by atoms with Crippen molar-refractivity contribution in [2.75, 3.05) is 13.2 Å². The van der Waals surface area contributed by atoms with Gasteiger partial charge in [0.15, 0.2) is 0 Å². The third-order valence-electron chi connectivity index (χ3n) is 3.29. The molecule has 1 N–H and O–H groups in total. The number of rotatable bonds is 3. The summed E-state index contributed by atoms with van der Waals surface area (Å²) in [5.74, 6) is -0.456. The Morgan fingerprint density at radius 1 is 1.14 bits per heavy atom. The molecule has 1 fully saturated rings. The normalized spacial score (nSPS) is 17.2. The van der Waals surface area contributed by atoms with Crippen LogP contribution in [0.25, 0.3) is 0 Å². The fourth-order valence-electron chi connectivity index (χ4n) is 2.03. The zero-order chi connectivity index (χ0) is 16.4. The van der Waals surface area contributed by atoms with Gasteiger partial charge in [0.05, 0.1) is 4.90 Å². The molecule has 22 heavy (non-hydrogen) atoms. The van der Waals surface area contributed by atoms with Crippen molar-refractivity contribution in [1.29, 1.82) is 0 Å². The molecule has 0 aliphatic carbocycles. The van der Waals surface area contributed by atoms with E-state index in [1.54, 1.807) is 0 Å². The van der Waals surface area contributed by atoms with Crippen molar-refractivity contribution in [2.24, 2.45) is 0 Å². The van der Waals surface area contributed by atoms with E-state index in [9.17, 15) is 26.4 Å². The monoisotopic (exact) mass is 337 g/mol. The molecule has 1 aromatic rings. The first-order chi connectivity index (χ1) is 10.2. The number of carbonyl (C=O) groups excluding carboxylic acids is 1. The minimum absolute atomic E-state index is 0.0557. The number of nitrogens with one attached hydrogen (secondary N) is 1. The maximum Gasteiger partial charge on any atom is 0.501 e. The first kappa shape index (κ1) is 16.8. The standard InChI is InChI=1S/C13H14F3NO4S/c14-13(15,16)22(19,20)11-3-1-9(2-4-11)12(18)17-10-5-7-21-8-6-10/h1-4,10H,5-8H2,(H,17,18). The van der Waals surface area contributed by atoms with Crippen LogP contribution in [-0.4, -0.2) is 39.1 Å². The summed E-state index contributed by atoms with van der Waals surface area (Å²) in [6.07, 6.45) is 1.32. The summed E-state index contributed by atoms with van der Waals surface area (Å²) >= 11 is 0. The summed E-state index contributed by atoms with van der Waals surface area (Å²) in [5.41, 5.74) is -5.26. The number of ether oxygens (including phenoxy) is 1. The first-order valence-electron chi connectivity index (χ1n) is 6.52. The van der Waals surface area contributed by atoms with Crippen molar-refractivity contribution in [3.8, 4) is 0 Å². The average molecular weight is 337 g/mol. The second-order valence-electron chi connectivity index (χ2n) is 4.83. The number of sulfone groups is 1. The van der Waals surface area contributed by atoms with Gasteiger partial charge in [-0.05, 0) is 37.1 Å². The van der Waals surface area contributed by atoms with Crippen LogP contribution in [0.1, 0.15) is 23.2 Å². The molecule has 0 radical (unpaired) electrons. The lowest BCUT2D eigenvalue weighted by atomic mass is 10.1. The number of benzene rings is 1. The summed E-state index contributed by atoms with van der Waals surface area (Å²) in [4.78, 5) is 11.1. The molecule has 1 aromatic carbocycles. The molecule has 122 valence electrons. The Hall–Kier alpha value is -1.61. The molecule has 0 atom stereocenters. The third-order valence-corrected chi connectivity index (χ3v) is 4.79. The molecule has 1 aliphatic rings. The molecule has 9 heteroatoms. The summed E-state index contributed by atoms with van der Waals surface area (Å²) in [7, 11) is -5.39. The van der Waals surface area contributed by atoms with Crippen LogP contribution >= 0.6 is 0 Å². The van der Waals surface area contributed by atoms with Gasteiger partial charge in [-0.15, -0.1) is 0 Å². The Balaban J connectivity index is 2.10. The van der Waals surface area contributed by atoms with E-state index in [2.05, 4.69) is 5.32 Å². The van der Waals surface area contributed by atoms with Crippen LogP contribution in [0.5, 0.6) is 0 Å². The quantitative estimate of drug-likeness (QED) is 0.914. The predicted octanol–water partition coefficient (Wildman–Crippen LogP) is 1.89. The van der Waals surface area contributed by atoms with Crippen molar-refractivity contribution in [3.63, 3.8) is 0 Å². The van der Waals surface area contributed by atoms with Gasteiger partial charge in [-0.2, -0.15) is 13.2 Å². The zero-order valence-corrected chi connectivity index (χ0v) is 12.2. The van der Waals surface area contributed by atoms with Gasteiger partial charge in [-0.1, -0.05) is 0 Å². The van der Waals surface area contributed by atoms with Crippen LogP contribution in [0, 0.1) is 0 Å². The fraction of sp³-hybridized carbons (Fsp3) is 0.462. The zero-order valence-electron chi connectivity index (χ0n) is 11.4. The van der Waals surface area contributed by atoms with Crippen molar-refractivity contribution >= 4 is 15.7 Å². The Morgan fingerprint density at radius 2 is 1.68 bits per heavy atom. The van der Waals surface area contributed by atoms with E-state index in [-0.39, 0.29) is 11.6 Å². The van der Waals surface area contributed by atoms with Crippen molar-refractivity contribution in [1.82, 2.24) is 5.32 Å². The minimum atomic E-state index is -5.39. The van der Waals surface area contributed by atoms with Crippen molar-refractivity contribution in [3.05, 3.63) is 29.8 Å². The van der Waals surface area contributed by atoms with Gasteiger partial charge in [0, 0.05) is 24.8 Å². The number of halogens is 3. The Labute approximate surface area is 125 Å². The SMILES string of the molecule is O=C(NC1CCOCC1)c1ccc(S(=O)(=O)C(F)(F)F)cc1. The molecule has 0 spiro atoms. The minimum Gasteiger partial charge on any atom is -0.381 e. The van der Waals surface area contributed by atoms with Gasteiger partial charge in [-0.25, -0.2) is 8.42 Å². The van der Waals surface area contributed by atoms with Gasteiger partial charge in [0.25, 0.3) is 15.7 Å². The number of amides is 1. The van der Waals surface area contributed by atoms with Crippen molar-refractivity contribution in [2.45, 2.75) is 29.3 Å². The number of hydrogen-bond acceptors (Lipinski definition) is 4. The molecule has 1 aliphatic heterocycles. The number of alkyl halides is 3. The summed E-state index contributed by atoms with van der Waals surface area (Å²) in [6.45, 7) is 1.07. The third kappa shape index (κ3) is 3.58. The van der Waals surface area contributed by atoms with E-state index in [0.29, 0.717) is 26.1 Å². The van der Waals surface area contributed by atoms with E-state index < -0.39 is 26.1 Å². The van der Waals surface area contributed by atoms with Gasteiger partial charge >= 0.3 is 5.51 Å². The highest BCUT2D eigenvalue weighted by Gasteiger charge is 2.46. The Bertz CT molecular complexity index is 634. The highest BCUT2D eigenvalue weighted by molar-refractivity contribution is 7.92. The molecular formula is C13H14F3NO4S. The van der Waals surface area contributed by atoms with E-state index in [0.717, 1.165) is 24.3 Å². The fourth-order valence-corrected chi connectivity index (χ4v) is 2.79. The van der Waals surface area contributed by atoms with E-state index >= 15 is 0 Å². The molecule has 0 unspecified atom stereocenters. The van der Waals surface area contributed by atoms with Crippen LogP contribution in [0.15, 0.2) is 29.2 Å². The molecular weight excluding hydrogens is 323 g/mol. The lowest BCUT2D eigenvalue weighted by Crippen LogP contribution is -2.38. The molecule has 0 aromatic heterocycles. The molecule has 2 rings (SSSR count). The van der Waals surface area contributed by atoms with Gasteiger partial charge in [-0.3, -0.25) is 4.79 Å². The summed E-state index contributed by atoms with van der Waals surface area (Å²) in [6, 6.07) is 3.63. The van der Waals surface area contributed by atoms with Crippen LogP contribution in [0.3, 0.4) is 0 Å². The number of carbonyl (C=O) groups is 1. The molecule has 1 heterocycles. The van der Waals surface area contributed by atoms with Crippen LogP contribution < -0.4 is 5.32 Å². The lowest BCUT2D eigenvalue weighted by Gasteiger charge is -2.23. The largest absolute Gasteiger partial charge is 0.501 e. The van der Waals surface area contributed by atoms with E-state index in [4.69, 9.17) is 4.74 Å². The van der Waals surface area contributed by atoms with Gasteiger partial charge in [0.2, 0.25) is 0 Å². The maximum absolute atomic E-state index is 12.4. The van der Waals surface area contributed by atoms with Gasteiger partial charge < -0.3 is 10.1 Å². The second-order valence-corrected chi connectivity index (χ2v) is 6.77.